The van der Waals surface area contributed by atoms with Crippen LogP contribution in [-0.4, -0.2) is 18.9 Å². The van der Waals surface area contributed by atoms with Crippen molar-refractivity contribution in [2.75, 3.05) is 18.0 Å². The molecule has 20 heavy (non-hydrogen) atoms. The predicted octanol–water partition coefficient (Wildman–Crippen LogP) is 4.35. The maximum Gasteiger partial charge on any atom is 0.161 e. The first-order valence-corrected chi connectivity index (χ1v) is 7.36. The SMILES string of the molecule is CC(=O)c1cc(F)c(C)cc1N1CCCC(C)(C)CC1. The van der Waals surface area contributed by atoms with Crippen LogP contribution >= 0.6 is 0 Å². The lowest BCUT2D eigenvalue weighted by molar-refractivity contribution is 0.101. The highest BCUT2D eigenvalue weighted by molar-refractivity contribution is 6.00. The summed E-state index contributed by atoms with van der Waals surface area (Å²) in [4.78, 5) is 14.0. The molecule has 2 nitrogen and oxygen atoms in total. The molecule has 1 aliphatic rings. The third-order valence-corrected chi connectivity index (χ3v) is 4.34. The molecule has 0 N–H and O–H groups in total. The Morgan fingerprint density at radius 1 is 1.25 bits per heavy atom. The van der Waals surface area contributed by atoms with Crippen LogP contribution in [-0.2, 0) is 0 Å². The van der Waals surface area contributed by atoms with E-state index in [1.54, 1.807) is 6.92 Å². The minimum Gasteiger partial charge on any atom is -0.371 e. The zero-order valence-corrected chi connectivity index (χ0v) is 12.9. The Kier molecular flexibility index (Phi) is 4.17. The predicted molar refractivity (Wildman–Crippen MR) is 81.0 cm³/mol. The van der Waals surface area contributed by atoms with E-state index in [0.717, 1.165) is 31.6 Å². The molecule has 3 heteroatoms. The van der Waals surface area contributed by atoms with Crippen molar-refractivity contribution in [1.82, 2.24) is 0 Å². The van der Waals surface area contributed by atoms with Crippen LogP contribution in [0.3, 0.4) is 0 Å². The van der Waals surface area contributed by atoms with Crippen LogP contribution in [0.25, 0.3) is 0 Å². The Morgan fingerprint density at radius 3 is 2.60 bits per heavy atom. The van der Waals surface area contributed by atoms with Crippen LogP contribution in [0.2, 0.25) is 0 Å². The summed E-state index contributed by atoms with van der Waals surface area (Å²) in [5.41, 5.74) is 2.36. The number of aryl methyl sites for hydroxylation is 1. The standard InChI is InChI=1S/C17H24FNO/c1-12-10-16(14(13(2)20)11-15(12)18)19-8-5-6-17(3,4)7-9-19/h10-11H,5-9H2,1-4H3. The fourth-order valence-electron chi connectivity index (χ4n) is 2.87. The van der Waals surface area contributed by atoms with Crippen molar-refractivity contribution >= 4 is 11.5 Å². The van der Waals surface area contributed by atoms with E-state index in [1.807, 2.05) is 6.07 Å². The second kappa shape index (κ2) is 5.55. The van der Waals surface area contributed by atoms with E-state index in [-0.39, 0.29) is 11.6 Å². The summed E-state index contributed by atoms with van der Waals surface area (Å²) in [6.07, 6.45) is 3.40. The van der Waals surface area contributed by atoms with Gasteiger partial charge in [0.05, 0.1) is 0 Å². The fourth-order valence-corrected chi connectivity index (χ4v) is 2.87. The maximum absolute atomic E-state index is 13.7. The van der Waals surface area contributed by atoms with Crippen molar-refractivity contribution < 1.29 is 9.18 Å². The molecule has 0 amide bonds. The molecule has 2 rings (SSSR count). The first kappa shape index (κ1) is 15.0. The van der Waals surface area contributed by atoms with Gasteiger partial charge in [-0.1, -0.05) is 13.8 Å². The lowest BCUT2D eigenvalue weighted by atomic mass is 9.85. The molecule has 0 spiro atoms. The van der Waals surface area contributed by atoms with E-state index >= 15 is 0 Å². The van der Waals surface area contributed by atoms with Crippen molar-refractivity contribution in [2.45, 2.75) is 47.0 Å². The molecule has 0 unspecified atom stereocenters. The quantitative estimate of drug-likeness (QED) is 0.749. The highest BCUT2D eigenvalue weighted by atomic mass is 19.1. The van der Waals surface area contributed by atoms with Crippen molar-refractivity contribution in [2.24, 2.45) is 5.41 Å². The normalized spacial score (nSPS) is 18.8. The number of carbonyl (C=O) groups is 1. The van der Waals surface area contributed by atoms with Gasteiger partial charge < -0.3 is 4.90 Å². The van der Waals surface area contributed by atoms with Gasteiger partial charge in [-0.3, -0.25) is 4.79 Å². The first-order chi connectivity index (χ1) is 9.30. The number of hydrogen-bond acceptors (Lipinski definition) is 2. The third kappa shape index (κ3) is 3.20. The molecule has 0 radical (unpaired) electrons. The Bertz CT molecular complexity index is 522. The summed E-state index contributed by atoms with van der Waals surface area (Å²) < 4.78 is 13.7. The minimum absolute atomic E-state index is 0.0672. The number of anilines is 1. The molecule has 110 valence electrons. The maximum atomic E-state index is 13.7. The molecule has 1 saturated heterocycles. The van der Waals surface area contributed by atoms with Gasteiger partial charge in [-0.05, 0) is 56.2 Å². The summed E-state index contributed by atoms with van der Waals surface area (Å²) in [6, 6.07) is 3.22. The summed E-state index contributed by atoms with van der Waals surface area (Å²) in [7, 11) is 0. The topological polar surface area (TPSA) is 20.3 Å². The van der Waals surface area contributed by atoms with Crippen LogP contribution in [0.5, 0.6) is 0 Å². The van der Waals surface area contributed by atoms with Crippen molar-refractivity contribution in [3.8, 4) is 0 Å². The van der Waals surface area contributed by atoms with Gasteiger partial charge >= 0.3 is 0 Å². The van der Waals surface area contributed by atoms with Gasteiger partial charge in [0.15, 0.2) is 5.78 Å². The zero-order chi connectivity index (χ0) is 14.9. The van der Waals surface area contributed by atoms with Crippen LogP contribution in [0.15, 0.2) is 12.1 Å². The lowest BCUT2D eigenvalue weighted by Crippen LogP contribution is -2.27. The number of halogens is 1. The zero-order valence-electron chi connectivity index (χ0n) is 12.9. The van der Waals surface area contributed by atoms with E-state index in [9.17, 15) is 9.18 Å². The van der Waals surface area contributed by atoms with Crippen molar-refractivity contribution in [1.29, 1.82) is 0 Å². The van der Waals surface area contributed by atoms with E-state index in [4.69, 9.17) is 0 Å². The molecule has 0 saturated carbocycles. The summed E-state index contributed by atoms with van der Waals surface area (Å²) in [5.74, 6) is -0.364. The molecular weight excluding hydrogens is 253 g/mol. The second-order valence-corrected chi connectivity index (χ2v) is 6.68. The number of hydrogen-bond donors (Lipinski definition) is 0. The van der Waals surface area contributed by atoms with Crippen molar-refractivity contribution in [3.05, 3.63) is 29.1 Å². The van der Waals surface area contributed by atoms with Gasteiger partial charge in [-0.15, -0.1) is 0 Å². The number of rotatable bonds is 2. The molecule has 1 aromatic carbocycles. The van der Waals surface area contributed by atoms with Gasteiger partial charge in [-0.25, -0.2) is 4.39 Å². The van der Waals surface area contributed by atoms with E-state index < -0.39 is 0 Å². The molecule has 1 aliphatic heterocycles. The largest absolute Gasteiger partial charge is 0.371 e. The monoisotopic (exact) mass is 277 g/mol. The van der Waals surface area contributed by atoms with Crippen molar-refractivity contribution in [3.63, 3.8) is 0 Å². The first-order valence-electron chi connectivity index (χ1n) is 7.36. The molecule has 0 atom stereocenters. The van der Waals surface area contributed by atoms with Gasteiger partial charge in [0, 0.05) is 24.3 Å². The van der Waals surface area contributed by atoms with E-state index in [1.165, 1.54) is 19.4 Å². The summed E-state index contributed by atoms with van der Waals surface area (Å²) >= 11 is 0. The third-order valence-electron chi connectivity index (χ3n) is 4.34. The Morgan fingerprint density at radius 2 is 1.95 bits per heavy atom. The Hall–Kier alpha value is -1.38. The average Bonchev–Trinajstić information content (AvgIpc) is 2.53. The number of benzene rings is 1. The molecule has 1 aromatic rings. The average molecular weight is 277 g/mol. The van der Waals surface area contributed by atoms with Gasteiger partial charge in [0.1, 0.15) is 5.82 Å². The lowest BCUT2D eigenvalue weighted by Gasteiger charge is -2.27. The molecule has 0 aliphatic carbocycles. The molecule has 1 fully saturated rings. The summed E-state index contributed by atoms with van der Waals surface area (Å²) in [5, 5.41) is 0. The fraction of sp³-hybridized carbons (Fsp3) is 0.588. The molecule has 0 aromatic heterocycles. The highest BCUT2D eigenvalue weighted by Gasteiger charge is 2.25. The molecular formula is C17H24FNO. The second-order valence-electron chi connectivity index (χ2n) is 6.68. The van der Waals surface area contributed by atoms with Crippen LogP contribution in [0, 0.1) is 18.2 Å². The van der Waals surface area contributed by atoms with Crippen LogP contribution in [0.4, 0.5) is 10.1 Å². The Balaban J connectivity index is 2.36. The molecule has 1 heterocycles. The van der Waals surface area contributed by atoms with Crippen LogP contribution < -0.4 is 4.90 Å². The van der Waals surface area contributed by atoms with E-state index in [0.29, 0.717) is 16.5 Å². The number of ketones is 1. The van der Waals surface area contributed by atoms with Gasteiger partial charge in [0.25, 0.3) is 0 Å². The van der Waals surface area contributed by atoms with Crippen LogP contribution in [0.1, 0.15) is 56.0 Å². The van der Waals surface area contributed by atoms with E-state index in [2.05, 4.69) is 18.7 Å². The summed E-state index contributed by atoms with van der Waals surface area (Å²) in [6.45, 7) is 9.71. The number of carbonyl (C=O) groups excluding carboxylic acids is 1. The minimum atomic E-state index is -0.297. The smallest absolute Gasteiger partial charge is 0.161 e. The number of nitrogens with zero attached hydrogens (tertiary/aromatic N) is 1. The highest BCUT2D eigenvalue weighted by Crippen LogP contribution is 2.33. The number of Topliss-reactive ketones (excluding diaryl/α,β-unsaturated/α-hetero) is 1. The van der Waals surface area contributed by atoms with Gasteiger partial charge in [0.2, 0.25) is 0 Å². The van der Waals surface area contributed by atoms with Gasteiger partial charge in [-0.2, -0.15) is 0 Å². The molecule has 0 bridgehead atoms. The Labute approximate surface area is 121 Å².